The topological polar surface area (TPSA) is 21.7 Å². The normalized spacial score (nSPS) is 12.7. The van der Waals surface area contributed by atoms with Gasteiger partial charge in [-0.3, -0.25) is 0 Å². The van der Waals surface area contributed by atoms with E-state index in [-0.39, 0.29) is 21.5 Å². The van der Waals surface area contributed by atoms with Gasteiger partial charge in [0.15, 0.2) is 0 Å². The Balaban J connectivity index is 1.91. The second-order valence-corrected chi connectivity index (χ2v) is 7.70. The number of hydrogen-bond donors (Lipinski definition) is 0. The molecule has 3 aromatic rings. The fourth-order valence-electron chi connectivity index (χ4n) is 2.57. The molecule has 1 aromatic carbocycles. The van der Waals surface area contributed by atoms with Gasteiger partial charge in [-0.05, 0) is 0 Å². The van der Waals surface area contributed by atoms with Gasteiger partial charge in [0.25, 0.3) is 0 Å². The summed E-state index contributed by atoms with van der Waals surface area (Å²) >= 11 is -0.0949. The minimum absolute atomic E-state index is 0.0949. The zero-order valence-corrected chi connectivity index (χ0v) is 13.5. The number of rotatable bonds is 1. The van der Waals surface area contributed by atoms with Gasteiger partial charge in [0, 0.05) is 0 Å². The van der Waals surface area contributed by atoms with E-state index >= 15 is 0 Å². The molecule has 4 heteroatoms. The van der Waals surface area contributed by atoms with Gasteiger partial charge in [-0.1, -0.05) is 0 Å². The number of hydrogen-bond acceptors (Lipinski definition) is 1. The van der Waals surface area contributed by atoms with Crippen LogP contribution in [0.2, 0.25) is 0 Å². The van der Waals surface area contributed by atoms with Crippen LogP contribution in [0.15, 0.2) is 48.8 Å². The van der Waals surface area contributed by atoms with E-state index in [1.807, 2.05) is 17.9 Å². The van der Waals surface area contributed by atoms with Crippen molar-refractivity contribution in [2.45, 2.75) is 6.92 Å². The van der Waals surface area contributed by atoms with Gasteiger partial charge in [-0.2, -0.15) is 0 Å². The summed E-state index contributed by atoms with van der Waals surface area (Å²) in [5.41, 5.74) is 6.47. The fourth-order valence-corrected chi connectivity index (χ4v) is 5.14. The van der Waals surface area contributed by atoms with E-state index < -0.39 is 0 Å². The Morgan fingerprint density at radius 1 is 1.15 bits per heavy atom. The van der Waals surface area contributed by atoms with Crippen LogP contribution in [-0.2, 0) is 7.05 Å². The molecule has 0 N–H and O–H groups in total. The molecule has 4 rings (SSSR count). The van der Waals surface area contributed by atoms with Gasteiger partial charge in [0.2, 0.25) is 0 Å². The molecule has 3 heterocycles. The summed E-state index contributed by atoms with van der Waals surface area (Å²) in [5, 5.41) is 4.26. The number of aryl methyl sites for hydroxylation is 2. The van der Waals surface area contributed by atoms with Crippen molar-refractivity contribution >= 4 is 0 Å². The van der Waals surface area contributed by atoms with Crippen molar-refractivity contribution < 1.29 is 24.3 Å². The summed E-state index contributed by atoms with van der Waals surface area (Å²) in [7, 11) is 1.99. The van der Waals surface area contributed by atoms with E-state index in [4.69, 9.17) is 0 Å². The number of benzene rings is 1. The molecule has 0 radical (unpaired) electrons. The fraction of sp³-hybridized carbons (Fsp3) is 0.125. The predicted molar refractivity (Wildman–Crippen MR) is 73.1 cm³/mol. The standard InChI is InChI=1S/C16H14IN3/c1-11-6-8-20-16(9-11)13-10-12(3-4-14(13)17-20)15-5-7-18-19(15)2/h3-10H,1-2H3. The Morgan fingerprint density at radius 3 is 2.85 bits per heavy atom. The molecule has 0 spiro atoms. The van der Waals surface area contributed by atoms with Crippen molar-refractivity contribution in [3.63, 3.8) is 0 Å². The Hall–Kier alpha value is -1.69. The van der Waals surface area contributed by atoms with Crippen LogP contribution in [0.5, 0.6) is 0 Å². The molecule has 100 valence electrons. The molecule has 0 unspecified atom stereocenters. The van der Waals surface area contributed by atoms with E-state index in [1.54, 1.807) is 0 Å². The Morgan fingerprint density at radius 2 is 2.05 bits per heavy atom. The van der Waals surface area contributed by atoms with E-state index in [0.29, 0.717) is 0 Å². The van der Waals surface area contributed by atoms with Gasteiger partial charge >= 0.3 is 128 Å². The van der Waals surface area contributed by atoms with Crippen molar-refractivity contribution in [1.82, 2.24) is 9.78 Å². The van der Waals surface area contributed by atoms with Gasteiger partial charge < -0.3 is 0 Å². The Bertz CT molecular complexity index is 820. The first-order chi connectivity index (χ1) is 9.72. The molecule has 3 nitrogen and oxygen atoms in total. The van der Waals surface area contributed by atoms with Crippen LogP contribution in [0.25, 0.3) is 22.5 Å². The molecule has 1 aliphatic rings. The molecular weight excluding hydrogens is 361 g/mol. The molecule has 0 saturated heterocycles. The summed E-state index contributed by atoms with van der Waals surface area (Å²) in [5.74, 6) is 0. The van der Waals surface area contributed by atoms with E-state index in [0.717, 1.165) is 5.69 Å². The summed E-state index contributed by atoms with van der Waals surface area (Å²) in [6.45, 7) is 2.15. The second kappa shape index (κ2) is 4.41. The maximum absolute atomic E-state index is 4.26. The molecule has 0 amide bonds. The molecular formula is C16H14IN3. The predicted octanol–water partition coefficient (Wildman–Crippen LogP) is -0.615. The summed E-state index contributed by atoms with van der Waals surface area (Å²) in [4.78, 5) is 0. The molecule has 0 fully saturated rings. The number of pyridine rings is 1. The summed E-state index contributed by atoms with van der Waals surface area (Å²) in [6.07, 6.45) is 4.07. The molecule has 0 bridgehead atoms. The first-order valence-electron chi connectivity index (χ1n) is 6.53. The van der Waals surface area contributed by atoms with Crippen LogP contribution < -0.4 is 24.3 Å². The number of fused-ring (bicyclic) bond motifs is 3. The van der Waals surface area contributed by atoms with E-state index in [1.165, 1.54) is 26.0 Å². The van der Waals surface area contributed by atoms with Crippen molar-refractivity contribution in [2.24, 2.45) is 7.05 Å². The SMILES string of the molecule is Cc1cc[n+]2c(c1)-c1cc(-c3ccnn3C)ccc1[I-]2. The summed E-state index contributed by atoms with van der Waals surface area (Å²) < 4.78 is 5.85. The van der Waals surface area contributed by atoms with Crippen LogP contribution >= 0.6 is 0 Å². The Kier molecular flexibility index (Phi) is 2.66. The Labute approximate surface area is 128 Å². The summed E-state index contributed by atoms with van der Waals surface area (Å²) in [6, 6.07) is 13.4. The van der Waals surface area contributed by atoms with Gasteiger partial charge in [0.05, 0.1) is 0 Å². The van der Waals surface area contributed by atoms with Gasteiger partial charge in [-0.15, -0.1) is 0 Å². The van der Waals surface area contributed by atoms with Crippen LogP contribution in [0, 0.1) is 10.5 Å². The molecule has 0 aliphatic carbocycles. The average Bonchev–Trinajstić information content (AvgIpc) is 3.01. The minimum atomic E-state index is -0.0949. The van der Waals surface area contributed by atoms with Crippen LogP contribution in [0.4, 0.5) is 0 Å². The van der Waals surface area contributed by atoms with Crippen molar-refractivity contribution in [2.75, 3.05) is 0 Å². The molecule has 0 saturated carbocycles. The van der Waals surface area contributed by atoms with Crippen LogP contribution in [0.3, 0.4) is 0 Å². The molecule has 20 heavy (non-hydrogen) atoms. The molecule has 2 aromatic heterocycles. The van der Waals surface area contributed by atoms with Crippen molar-refractivity contribution in [3.05, 3.63) is 57.9 Å². The molecule has 0 atom stereocenters. The van der Waals surface area contributed by atoms with E-state index in [2.05, 4.69) is 57.4 Å². The first-order valence-corrected chi connectivity index (χ1v) is 8.57. The number of nitrogens with zero attached hydrogens (tertiary/aromatic N) is 3. The van der Waals surface area contributed by atoms with Crippen LogP contribution in [-0.4, -0.2) is 9.78 Å². The monoisotopic (exact) mass is 375 g/mol. The first kappa shape index (κ1) is 12.1. The number of halogens is 1. The average molecular weight is 375 g/mol. The number of aromatic nitrogens is 3. The second-order valence-electron chi connectivity index (χ2n) is 5.02. The van der Waals surface area contributed by atoms with Crippen LogP contribution in [0.1, 0.15) is 5.56 Å². The van der Waals surface area contributed by atoms with Gasteiger partial charge in [0.1, 0.15) is 0 Å². The third-order valence-corrected chi connectivity index (χ3v) is 6.43. The quantitative estimate of drug-likeness (QED) is 0.407. The molecule has 1 aliphatic heterocycles. The van der Waals surface area contributed by atoms with Crippen molar-refractivity contribution in [3.8, 4) is 22.5 Å². The zero-order valence-electron chi connectivity index (χ0n) is 11.3. The third-order valence-electron chi connectivity index (χ3n) is 3.60. The van der Waals surface area contributed by atoms with Crippen molar-refractivity contribution in [1.29, 1.82) is 0 Å². The maximum atomic E-state index is 4.26. The third kappa shape index (κ3) is 1.78. The van der Waals surface area contributed by atoms with E-state index in [9.17, 15) is 0 Å². The van der Waals surface area contributed by atoms with Gasteiger partial charge in [-0.25, -0.2) is 0 Å². The zero-order chi connectivity index (χ0) is 13.7.